The Balaban J connectivity index is 1.97. The number of hydrogen-bond donors (Lipinski definition) is 2. The molecule has 0 radical (unpaired) electrons. The lowest BCUT2D eigenvalue weighted by Crippen LogP contribution is -2.43. The van der Waals surface area contributed by atoms with Gasteiger partial charge in [0.25, 0.3) is 5.91 Å². The maximum atomic E-state index is 12.5. The van der Waals surface area contributed by atoms with Crippen molar-refractivity contribution in [2.24, 2.45) is 5.73 Å². The highest BCUT2D eigenvalue weighted by Crippen LogP contribution is 2.16. The van der Waals surface area contributed by atoms with Gasteiger partial charge < -0.3 is 20.2 Å². The third kappa shape index (κ3) is 6.69. The average Bonchev–Trinajstić information content (AvgIpc) is 3.19. The smallest absolute Gasteiger partial charge is 0.329 e. The van der Waals surface area contributed by atoms with Gasteiger partial charge in [0.2, 0.25) is 5.89 Å². The van der Waals surface area contributed by atoms with Crippen LogP contribution in [-0.2, 0) is 15.3 Å². The standard InChI is InChI=1S/C20H27N3O4S/c1-3-8-15(21)19-23-16(11-27-19)18(24)22-17(20(25)26-4-2)13-28-12-14-9-6-5-7-10-14/h5-7,9-11,15,17H,3-4,8,12-13,21H2,1-2H3,(H,22,24). The first-order valence-electron chi connectivity index (χ1n) is 9.35. The number of ether oxygens (including phenoxy) is 1. The predicted molar refractivity (Wildman–Crippen MR) is 109 cm³/mol. The SMILES string of the molecule is CCCC(N)c1nc(C(=O)NC(CSCc2ccccc2)C(=O)OCC)co1. The van der Waals surface area contributed by atoms with Crippen LogP contribution in [0.5, 0.6) is 0 Å². The highest BCUT2D eigenvalue weighted by Gasteiger charge is 2.25. The highest BCUT2D eigenvalue weighted by molar-refractivity contribution is 7.98. The van der Waals surface area contributed by atoms with Crippen LogP contribution in [0.2, 0.25) is 0 Å². The molecule has 1 aromatic carbocycles. The summed E-state index contributed by atoms with van der Waals surface area (Å²) < 4.78 is 10.4. The minimum Gasteiger partial charge on any atom is -0.464 e. The molecule has 1 amide bonds. The number of nitrogens with one attached hydrogen (secondary N) is 1. The zero-order valence-corrected chi connectivity index (χ0v) is 17.0. The van der Waals surface area contributed by atoms with Gasteiger partial charge >= 0.3 is 5.97 Å². The maximum absolute atomic E-state index is 12.5. The molecule has 0 aliphatic rings. The lowest BCUT2D eigenvalue weighted by atomic mass is 10.2. The molecule has 8 heteroatoms. The van der Waals surface area contributed by atoms with Gasteiger partial charge in [0.15, 0.2) is 5.69 Å². The zero-order chi connectivity index (χ0) is 20.4. The number of carbonyl (C=O) groups excluding carboxylic acids is 2. The number of aromatic nitrogens is 1. The fourth-order valence-electron chi connectivity index (χ4n) is 2.51. The fraction of sp³-hybridized carbons (Fsp3) is 0.450. The van der Waals surface area contributed by atoms with Crippen molar-refractivity contribution in [2.45, 2.75) is 44.5 Å². The second-order valence-corrected chi connectivity index (χ2v) is 7.28. The number of thioether (sulfide) groups is 1. The second-order valence-electron chi connectivity index (χ2n) is 6.24. The summed E-state index contributed by atoms with van der Waals surface area (Å²) in [6.07, 6.45) is 2.86. The van der Waals surface area contributed by atoms with Gasteiger partial charge in [0.05, 0.1) is 12.6 Å². The van der Waals surface area contributed by atoms with E-state index in [-0.39, 0.29) is 18.3 Å². The Morgan fingerprint density at radius 3 is 2.71 bits per heavy atom. The molecule has 0 spiro atoms. The Bertz CT molecular complexity index is 751. The second kappa shape index (κ2) is 11.5. The third-order valence-corrected chi connectivity index (χ3v) is 5.05. The molecule has 0 aliphatic heterocycles. The van der Waals surface area contributed by atoms with E-state index < -0.39 is 17.9 Å². The molecule has 2 aromatic rings. The number of amides is 1. The first-order valence-corrected chi connectivity index (χ1v) is 10.5. The molecule has 2 unspecified atom stereocenters. The average molecular weight is 406 g/mol. The largest absolute Gasteiger partial charge is 0.464 e. The van der Waals surface area contributed by atoms with Gasteiger partial charge in [-0.2, -0.15) is 11.8 Å². The summed E-state index contributed by atoms with van der Waals surface area (Å²) in [4.78, 5) is 28.9. The molecule has 0 aliphatic carbocycles. The van der Waals surface area contributed by atoms with Crippen molar-refractivity contribution in [2.75, 3.05) is 12.4 Å². The van der Waals surface area contributed by atoms with Crippen LogP contribution >= 0.6 is 11.8 Å². The number of rotatable bonds is 11. The number of nitrogens with zero attached hydrogens (tertiary/aromatic N) is 1. The summed E-state index contributed by atoms with van der Waals surface area (Å²) in [6.45, 7) is 3.98. The monoisotopic (exact) mass is 405 g/mol. The number of nitrogens with two attached hydrogens (primary N) is 1. The van der Waals surface area contributed by atoms with Crippen LogP contribution in [0.1, 0.15) is 54.7 Å². The van der Waals surface area contributed by atoms with Gasteiger partial charge in [-0.15, -0.1) is 0 Å². The summed E-state index contributed by atoms with van der Waals surface area (Å²) in [5, 5.41) is 2.69. The summed E-state index contributed by atoms with van der Waals surface area (Å²) in [6, 6.07) is 8.79. The quantitative estimate of drug-likeness (QED) is 0.553. The van der Waals surface area contributed by atoms with Crippen molar-refractivity contribution in [1.29, 1.82) is 0 Å². The summed E-state index contributed by atoms with van der Waals surface area (Å²) in [5.41, 5.74) is 7.21. The van der Waals surface area contributed by atoms with E-state index in [0.29, 0.717) is 18.1 Å². The molecule has 0 saturated heterocycles. The van der Waals surface area contributed by atoms with Crippen LogP contribution in [0.4, 0.5) is 0 Å². The Labute approximate surface area is 169 Å². The number of esters is 1. The van der Waals surface area contributed by atoms with Crippen LogP contribution in [0.3, 0.4) is 0 Å². The summed E-state index contributed by atoms with van der Waals surface area (Å²) in [7, 11) is 0. The van der Waals surface area contributed by atoms with Crippen molar-refractivity contribution in [3.63, 3.8) is 0 Å². The molecular formula is C20H27N3O4S. The van der Waals surface area contributed by atoms with Crippen molar-refractivity contribution >= 4 is 23.6 Å². The molecule has 1 aromatic heterocycles. The Hall–Kier alpha value is -2.32. The Morgan fingerprint density at radius 2 is 2.04 bits per heavy atom. The van der Waals surface area contributed by atoms with E-state index in [0.717, 1.165) is 17.7 Å². The van der Waals surface area contributed by atoms with E-state index in [1.807, 2.05) is 37.3 Å². The Kier molecular flexibility index (Phi) is 9.03. The van der Waals surface area contributed by atoms with Gasteiger partial charge in [-0.05, 0) is 18.9 Å². The molecular weight excluding hydrogens is 378 g/mol. The zero-order valence-electron chi connectivity index (χ0n) is 16.2. The van der Waals surface area contributed by atoms with Crippen LogP contribution in [0.25, 0.3) is 0 Å². The highest BCUT2D eigenvalue weighted by atomic mass is 32.2. The van der Waals surface area contributed by atoms with Crippen LogP contribution in [-0.4, -0.2) is 35.3 Å². The normalized spacial score (nSPS) is 13.0. The number of benzene rings is 1. The molecule has 1 heterocycles. The van der Waals surface area contributed by atoms with Crippen LogP contribution in [0, 0.1) is 0 Å². The van der Waals surface area contributed by atoms with Gasteiger partial charge in [-0.3, -0.25) is 4.79 Å². The molecule has 28 heavy (non-hydrogen) atoms. The van der Waals surface area contributed by atoms with Crippen molar-refractivity contribution in [1.82, 2.24) is 10.3 Å². The molecule has 0 fully saturated rings. The lowest BCUT2D eigenvalue weighted by molar-refractivity contribution is -0.144. The molecule has 2 atom stereocenters. The van der Waals surface area contributed by atoms with E-state index in [9.17, 15) is 9.59 Å². The van der Waals surface area contributed by atoms with E-state index in [1.54, 1.807) is 18.7 Å². The first-order chi connectivity index (χ1) is 13.5. The molecule has 3 N–H and O–H groups in total. The van der Waals surface area contributed by atoms with Crippen LogP contribution < -0.4 is 11.1 Å². The third-order valence-electron chi connectivity index (χ3n) is 3.94. The van der Waals surface area contributed by atoms with Crippen molar-refractivity contribution in [3.8, 4) is 0 Å². The van der Waals surface area contributed by atoms with Gasteiger partial charge in [0.1, 0.15) is 12.3 Å². The van der Waals surface area contributed by atoms with Crippen molar-refractivity contribution < 1.29 is 18.7 Å². The van der Waals surface area contributed by atoms with Crippen LogP contribution in [0.15, 0.2) is 41.0 Å². The van der Waals surface area contributed by atoms with Gasteiger partial charge in [-0.1, -0.05) is 43.7 Å². The minimum atomic E-state index is -0.773. The van der Waals surface area contributed by atoms with E-state index in [4.69, 9.17) is 14.9 Å². The minimum absolute atomic E-state index is 0.101. The van der Waals surface area contributed by atoms with E-state index in [2.05, 4.69) is 10.3 Å². The first kappa shape index (κ1) is 22.0. The lowest BCUT2D eigenvalue weighted by Gasteiger charge is -2.16. The fourth-order valence-corrected chi connectivity index (χ4v) is 3.51. The summed E-state index contributed by atoms with van der Waals surface area (Å²) >= 11 is 1.54. The number of hydrogen-bond acceptors (Lipinski definition) is 7. The van der Waals surface area contributed by atoms with Gasteiger partial charge in [0, 0.05) is 11.5 Å². The molecule has 152 valence electrons. The van der Waals surface area contributed by atoms with E-state index >= 15 is 0 Å². The topological polar surface area (TPSA) is 107 Å². The van der Waals surface area contributed by atoms with Gasteiger partial charge in [-0.25, -0.2) is 9.78 Å². The number of oxazole rings is 1. The predicted octanol–water partition coefficient (Wildman–Crippen LogP) is 3.07. The Morgan fingerprint density at radius 1 is 1.29 bits per heavy atom. The number of carbonyl (C=O) groups is 2. The molecule has 0 saturated carbocycles. The van der Waals surface area contributed by atoms with Crippen molar-refractivity contribution in [3.05, 3.63) is 53.7 Å². The summed E-state index contributed by atoms with van der Waals surface area (Å²) in [5.74, 6) is 0.476. The maximum Gasteiger partial charge on any atom is 0.329 e. The van der Waals surface area contributed by atoms with E-state index in [1.165, 1.54) is 6.26 Å². The molecule has 2 rings (SSSR count). The molecule has 7 nitrogen and oxygen atoms in total. The molecule has 0 bridgehead atoms.